The summed E-state index contributed by atoms with van der Waals surface area (Å²) in [5.41, 5.74) is -0.654. The van der Waals surface area contributed by atoms with Gasteiger partial charge in [-0.1, -0.05) is 19.3 Å². The van der Waals surface area contributed by atoms with Gasteiger partial charge in [-0.05, 0) is 50.5 Å². The first-order chi connectivity index (χ1) is 8.92. The lowest BCUT2D eigenvalue weighted by Crippen LogP contribution is -2.15. The predicted molar refractivity (Wildman–Crippen MR) is 75.2 cm³/mol. The molecule has 0 aliphatic heterocycles. The fraction of sp³-hybridized carbons (Fsp3) is 0.438. The molecule has 0 aliphatic rings. The highest BCUT2D eigenvalue weighted by atomic mass is 16.5. The number of ether oxygens (including phenoxy) is 1. The Labute approximate surface area is 114 Å². The average molecular weight is 260 g/mol. The maximum atomic E-state index is 11.7. The number of carbonyl (C=O) groups is 1. The first-order valence-electron chi connectivity index (χ1n) is 6.45. The van der Waals surface area contributed by atoms with Gasteiger partial charge in [0.15, 0.2) is 0 Å². The molecule has 0 saturated heterocycles. The lowest BCUT2D eigenvalue weighted by atomic mass is 10.1. The minimum Gasteiger partial charge on any atom is -0.494 e. The number of carbonyl (C=O) groups excluding carboxylic acids is 1. The normalized spacial score (nSPS) is 10.5. The van der Waals surface area contributed by atoms with E-state index in [4.69, 9.17) is 4.74 Å². The van der Waals surface area contributed by atoms with E-state index in [1.54, 1.807) is 24.3 Å². The van der Waals surface area contributed by atoms with E-state index >= 15 is 0 Å². The predicted octanol–water partition coefficient (Wildman–Crippen LogP) is 2.82. The Morgan fingerprint density at radius 3 is 2.47 bits per heavy atom. The van der Waals surface area contributed by atoms with Crippen LogP contribution in [0, 0.1) is 11.8 Å². The van der Waals surface area contributed by atoms with E-state index in [1.807, 2.05) is 0 Å². The Kier molecular flexibility index (Phi) is 5.59. The Morgan fingerprint density at radius 2 is 1.95 bits per heavy atom. The summed E-state index contributed by atoms with van der Waals surface area (Å²) in [6.45, 7) is 5.87. The van der Waals surface area contributed by atoms with Crippen LogP contribution in [0.1, 0.15) is 44.0 Å². The molecule has 1 rings (SSSR count). The molecule has 0 amide bonds. The Morgan fingerprint density at radius 1 is 1.32 bits per heavy atom. The van der Waals surface area contributed by atoms with Gasteiger partial charge in [0, 0.05) is 5.56 Å². The van der Waals surface area contributed by atoms with Gasteiger partial charge in [0.05, 0.1) is 6.61 Å². The maximum Gasteiger partial charge on any atom is 0.235 e. The standard InChI is InChI=1S/C16H20O3/c1-4-5-12-19-14-8-6-13(7-9-14)15(17)10-11-16(2,3)18/h6-9,18H,4-5,12H2,1-3H3. The van der Waals surface area contributed by atoms with Crippen LogP contribution in [0.2, 0.25) is 0 Å². The van der Waals surface area contributed by atoms with Crippen molar-refractivity contribution in [2.24, 2.45) is 0 Å². The summed E-state index contributed by atoms with van der Waals surface area (Å²) < 4.78 is 5.51. The number of Topliss-reactive ketones (excluding diaryl/α,β-unsaturated/α-hetero) is 1. The molecule has 3 heteroatoms. The fourth-order valence-corrected chi connectivity index (χ4v) is 1.32. The average Bonchev–Trinajstić information content (AvgIpc) is 2.36. The molecule has 1 N–H and O–H groups in total. The van der Waals surface area contributed by atoms with Gasteiger partial charge in [-0.2, -0.15) is 0 Å². The number of unbranched alkanes of at least 4 members (excludes halogenated alkanes) is 1. The van der Waals surface area contributed by atoms with Gasteiger partial charge >= 0.3 is 0 Å². The highest BCUT2D eigenvalue weighted by Crippen LogP contribution is 2.13. The van der Waals surface area contributed by atoms with Crippen LogP contribution in [0.15, 0.2) is 24.3 Å². The molecule has 0 fully saturated rings. The van der Waals surface area contributed by atoms with E-state index in [-0.39, 0.29) is 5.78 Å². The lowest BCUT2D eigenvalue weighted by Gasteiger charge is -2.06. The number of rotatable bonds is 5. The molecular formula is C16H20O3. The molecule has 0 aliphatic carbocycles. The second-order valence-electron chi connectivity index (χ2n) is 4.86. The van der Waals surface area contributed by atoms with Crippen LogP contribution in [-0.2, 0) is 0 Å². The summed E-state index contributed by atoms with van der Waals surface area (Å²) in [4.78, 5) is 11.7. The number of ketones is 1. The van der Waals surface area contributed by atoms with Crippen LogP contribution < -0.4 is 4.74 Å². The molecule has 1 aromatic carbocycles. The molecule has 102 valence electrons. The molecule has 1 aromatic rings. The van der Waals surface area contributed by atoms with E-state index in [0.717, 1.165) is 18.6 Å². The van der Waals surface area contributed by atoms with Crippen molar-refractivity contribution < 1.29 is 14.6 Å². The summed E-state index contributed by atoms with van der Waals surface area (Å²) in [6, 6.07) is 6.88. The number of benzene rings is 1. The van der Waals surface area contributed by atoms with Gasteiger partial charge in [0.25, 0.3) is 0 Å². The van der Waals surface area contributed by atoms with Crippen molar-refractivity contribution in [1.29, 1.82) is 0 Å². The van der Waals surface area contributed by atoms with Crippen molar-refractivity contribution in [1.82, 2.24) is 0 Å². The monoisotopic (exact) mass is 260 g/mol. The van der Waals surface area contributed by atoms with Gasteiger partial charge in [0.1, 0.15) is 11.4 Å². The molecule has 0 saturated carbocycles. The summed E-state index contributed by atoms with van der Waals surface area (Å²) in [5, 5.41) is 9.43. The summed E-state index contributed by atoms with van der Waals surface area (Å²) >= 11 is 0. The zero-order valence-electron chi connectivity index (χ0n) is 11.7. The van der Waals surface area contributed by atoms with Gasteiger partial charge < -0.3 is 9.84 Å². The molecule has 0 heterocycles. The highest BCUT2D eigenvalue weighted by Gasteiger charge is 2.08. The van der Waals surface area contributed by atoms with Crippen LogP contribution in [0.3, 0.4) is 0 Å². The molecule has 3 nitrogen and oxygen atoms in total. The van der Waals surface area contributed by atoms with Crippen LogP contribution >= 0.6 is 0 Å². The van der Waals surface area contributed by atoms with Crippen molar-refractivity contribution >= 4 is 5.78 Å². The quantitative estimate of drug-likeness (QED) is 0.383. The first kappa shape index (κ1) is 15.3. The molecule has 0 atom stereocenters. The van der Waals surface area contributed by atoms with Crippen molar-refractivity contribution in [3.63, 3.8) is 0 Å². The third-order valence-corrected chi connectivity index (χ3v) is 2.37. The molecule has 0 bridgehead atoms. The van der Waals surface area contributed by atoms with E-state index < -0.39 is 5.60 Å². The van der Waals surface area contributed by atoms with E-state index in [9.17, 15) is 9.90 Å². The second-order valence-corrected chi connectivity index (χ2v) is 4.86. The molecule has 0 radical (unpaired) electrons. The van der Waals surface area contributed by atoms with Crippen LogP contribution in [-0.4, -0.2) is 23.1 Å². The van der Waals surface area contributed by atoms with E-state index in [1.165, 1.54) is 13.8 Å². The first-order valence-corrected chi connectivity index (χ1v) is 6.45. The Hall–Kier alpha value is -1.79. The van der Waals surface area contributed by atoms with Crippen molar-refractivity contribution in [2.75, 3.05) is 6.61 Å². The molecule has 0 unspecified atom stereocenters. The summed E-state index contributed by atoms with van der Waals surface area (Å²) in [5.74, 6) is 5.38. The third-order valence-electron chi connectivity index (χ3n) is 2.37. The van der Waals surface area contributed by atoms with Crippen LogP contribution in [0.25, 0.3) is 0 Å². The molecule has 19 heavy (non-hydrogen) atoms. The summed E-state index contributed by atoms with van der Waals surface area (Å²) in [7, 11) is 0. The smallest absolute Gasteiger partial charge is 0.235 e. The van der Waals surface area contributed by atoms with Gasteiger partial charge in [0.2, 0.25) is 5.78 Å². The SMILES string of the molecule is CCCCOc1ccc(C(=O)C#CC(C)(C)O)cc1. The third kappa shape index (κ3) is 6.08. The highest BCUT2D eigenvalue weighted by molar-refractivity contribution is 6.09. The fourth-order valence-electron chi connectivity index (χ4n) is 1.32. The van der Waals surface area contributed by atoms with Crippen molar-refractivity contribution in [2.45, 2.75) is 39.2 Å². The zero-order chi connectivity index (χ0) is 14.3. The Balaban J connectivity index is 2.65. The van der Waals surface area contributed by atoms with Gasteiger partial charge in [-0.25, -0.2) is 0 Å². The largest absolute Gasteiger partial charge is 0.494 e. The van der Waals surface area contributed by atoms with Crippen LogP contribution in [0.5, 0.6) is 5.75 Å². The Bertz CT molecular complexity index is 469. The number of hydrogen-bond donors (Lipinski definition) is 1. The number of aliphatic hydroxyl groups is 1. The number of hydrogen-bond acceptors (Lipinski definition) is 3. The van der Waals surface area contributed by atoms with E-state index in [2.05, 4.69) is 18.8 Å². The van der Waals surface area contributed by atoms with E-state index in [0.29, 0.717) is 12.2 Å². The topological polar surface area (TPSA) is 46.5 Å². The lowest BCUT2D eigenvalue weighted by molar-refractivity contribution is 0.105. The van der Waals surface area contributed by atoms with Crippen molar-refractivity contribution in [3.05, 3.63) is 29.8 Å². The second kappa shape index (κ2) is 6.96. The molecular weight excluding hydrogens is 240 g/mol. The van der Waals surface area contributed by atoms with Gasteiger partial charge in [-0.3, -0.25) is 4.79 Å². The minimum absolute atomic E-state index is 0.303. The molecule has 0 spiro atoms. The zero-order valence-corrected chi connectivity index (χ0v) is 11.7. The van der Waals surface area contributed by atoms with Crippen molar-refractivity contribution in [3.8, 4) is 17.6 Å². The summed E-state index contributed by atoms with van der Waals surface area (Å²) in [6.07, 6.45) is 2.10. The maximum absolute atomic E-state index is 11.7. The molecule has 0 aromatic heterocycles. The van der Waals surface area contributed by atoms with Crippen LogP contribution in [0.4, 0.5) is 0 Å². The van der Waals surface area contributed by atoms with Gasteiger partial charge in [-0.15, -0.1) is 0 Å². The minimum atomic E-state index is -1.15.